The van der Waals surface area contributed by atoms with Crippen molar-refractivity contribution >= 4 is 17.2 Å². The first-order chi connectivity index (χ1) is 8.76. The summed E-state index contributed by atoms with van der Waals surface area (Å²) in [5.41, 5.74) is 0.738. The summed E-state index contributed by atoms with van der Waals surface area (Å²) in [7, 11) is 0. The Bertz CT molecular complexity index is 479. The van der Waals surface area contributed by atoms with E-state index in [0.717, 1.165) is 29.8 Å². The van der Waals surface area contributed by atoms with Crippen molar-refractivity contribution < 1.29 is 9.90 Å². The molecule has 18 heavy (non-hydrogen) atoms. The van der Waals surface area contributed by atoms with Gasteiger partial charge in [-0.15, -0.1) is 11.3 Å². The smallest absolute Gasteiger partial charge is 0.254 e. The normalized spacial score (nSPS) is 13.9. The van der Waals surface area contributed by atoms with Gasteiger partial charge in [-0.05, 0) is 25.8 Å². The van der Waals surface area contributed by atoms with Crippen LogP contribution >= 0.6 is 11.3 Å². The zero-order valence-electron chi connectivity index (χ0n) is 10.5. The molecule has 0 aromatic carbocycles. The summed E-state index contributed by atoms with van der Waals surface area (Å²) < 4.78 is 0. The van der Waals surface area contributed by atoms with E-state index in [4.69, 9.17) is 5.11 Å². The second-order valence-electron chi connectivity index (χ2n) is 4.30. The Kier molecular flexibility index (Phi) is 4.40. The molecular weight excluding hydrogens is 246 g/mol. The maximum Gasteiger partial charge on any atom is 0.254 e. The van der Waals surface area contributed by atoms with Gasteiger partial charge in [0.15, 0.2) is 0 Å². The van der Waals surface area contributed by atoms with Gasteiger partial charge in [0.25, 0.3) is 5.91 Å². The summed E-state index contributed by atoms with van der Waals surface area (Å²) in [5, 5.41) is 10.5. The molecule has 1 amide bonds. The van der Waals surface area contributed by atoms with Crippen LogP contribution in [-0.2, 0) is 0 Å². The summed E-state index contributed by atoms with van der Waals surface area (Å²) in [4.78, 5) is 15.1. The van der Waals surface area contributed by atoms with Crippen LogP contribution in [0.5, 0.6) is 0 Å². The van der Waals surface area contributed by atoms with Gasteiger partial charge in [0.05, 0.1) is 17.0 Å². The molecule has 96 valence electrons. The molecule has 4 heteroatoms. The van der Waals surface area contributed by atoms with Crippen LogP contribution in [0, 0.1) is 11.8 Å². The number of nitrogens with zero attached hydrogens (tertiary/aromatic N) is 1. The van der Waals surface area contributed by atoms with E-state index in [2.05, 4.69) is 11.8 Å². The lowest BCUT2D eigenvalue weighted by Crippen LogP contribution is -2.32. The molecule has 0 atom stereocenters. The van der Waals surface area contributed by atoms with Crippen molar-refractivity contribution in [1.29, 1.82) is 0 Å². The molecule has 1 heterocycles. The second kappa shape index (κ2) is 6.03. The SMILES string of the molecule is CCN(C(=O)c1csc(C#CCCO)c1)C1CC1. The van der Waals surface area contributed by atoms with Gasteiger partial charge in [-0.1, -0.05) is 11.8 Å². The molecule has 1 saturated carbocycles. The van der Waals surface area contributed by atoms with Gasteiger partial charge in [0, 0.05) is 24.4 Å². The Hall–Kier alpha value is -1.31. The minimum Gasteiger partial charge on any atom is -0.395 e. The number of amides is 1. The summed E-state index contributed by atoms with van der Waals surface area (Å²) in [5.74, 6) is 5.94. The van der Waals surface area contributed by atoms with Crippen molar-refractivity contribution in [2.45, 2.75) is 32.2 Å². The largest absolute Gasteiger partial charge is 0.395 e. The van der Waals surface area contributed by atoms with Gasteiger partial charge in [-0.3, -0.25) is 4.79 Å². The minimum absolute atomic E-state index is 0.0788. The van der Waals surface area contributed by atoms with Gasteiger partial charge < -0.3 is 10.0 Å². The fourth-order valence-electron chi connectivity index (χ4n) is 1.84. The molecule has 1 aromatic rings. The molecule has 0 bridgehead atoms. The van der Waals surface area contributed by atoms with Crippen LogP contribution in [0.1, 0.15) is 41.4 Å². The molecule has 1 N–H and O–H groups in total. The Morgan fingerprint density at radius 2 is 2.39 bits per heavy atom. The highest BCUT2D eigenvalue weighted by Gasteiger charge is 2.32. The molecule has 1 aromatic heterocycles. The highest BCUT2D eigenvalue weighted by molar-refractivity contribution is 7.10. The average Bonchev–Trinajstić information content (AvgIpc) is 3.08. The van der Waals surface area contributed by atoms with E-state index < -0.39 is 0 Å². The molecular formula is C14H17NO2S. The number of aliphatic hydroxyl groups is 1. The van der Waals surface area contributed by atoms with E-state index in [9.17, 15) is 4.79 Å². The zero-order valence-corrected chi connectivity index (χ0v) is 11.3. The third-order valence-electron chi connectivity index (χ3n) is 2.88. The maximum atomic E-state index is 12.2. The van der Waals surface area contributed by atoms with Crippen LogP contribution < -0.4 is 0 Å². The summed E-state index contributed by atoms with van der Waals surface area (Å²) in [6, 6.07) is 2.30. The number of thiophene rings is 1. The molecule has 0 unspecified atom stereocenters. The topological polar surface area (TPSA) is 40.5 Å². The Labute approximate surface area is 111 Å². The first-order valence-electron chi connectivity index (χ1n) is 6.25. The Morgan fingerprint density at radius 1 is 1.61 bits per heavy atom. The lowest BCUT2D eigenvalue weighted by Gasteiger charge is -2.19. The van der Waals surface area contributed by atoms with Crippen LogP contribution in [0.2, 0.25) is 0 Å². The quantitative estimate of drug-likeness (QED) is 0.845. The highest BCUT2D eigenvalue weighted by Crippen LogP contribution is 2.28. The number of hydrogen-bond acceptors (Lipinski definition) is 3. The number of carbonyl (C=O) groups is 1. The first-order valence-corrected chi connectivity index (χ1v) is 7.13. The third-order valence-corrected chi connectivity index (χ3v) is 3.73. The molecule has 0 saturated heterocycles. The molecule has 1 aliphatic rings. The number of rotatable bonds is 4. The number of hydrogen-bond donors (Lipinski definition) is 1. The van der Waals surface area contributed by atoms with Crippen molar-refractivity contribution in [2.75, 3.05) is 13.2 Å². The van der Waals surface area contributed by atoms with Crippen molar-refractivity contribution in [2.24, 2.45) is 0 Å². The van der Waals surface area contributed by atoms with Gasteiger partial charge in [0.1, 0.15) is 0 Å². The fourth-order valence-corrected chi connectivity index (χ4v) is 2.59. The van der Waals surface area contributed by atoms with Crippen molar-refractivity contribution in [3.8, 4) is 11.8 Å². The third kappa shape index (κ3) is 3.12. The van der Waals surface area contributed by atoms with Crippen molar-refractivity contribution in [1.82, 2.24) is 4.90 Å². The molecule has 0 radical (unpaired) electrons. The second-order valence-corrected chi connectivity index (χ2v) is 5.21. The van der Waals surface area contributed by atoms with Gasteiger partial charge >= 0.3 is 0 Å². The predicted molar refractivity (Wildman–Crippen MR) is 72.6 cm³/mol. The lowest BCUT2D eigenvalue weighted by atomic mass is 10.2. The minimum atomic E-state index is 0.0788. The van der Waals surface area contributed by atoms with E-state index in [1.54, 1.807) is 0 Å². The molecule has 0 spiro atoms. The molecule has 0 aliphatic heterocycles. The monoisotopic (exact) mass is 263 g/mol. The average molecular weight is 263 g/mol. The van der Waals surface area contributed by atoms with Gasteiger partial charge in [-0.2, -0.15) is 0 Å². The Balaban J connectivity index is 2.05. The van der Waals surface area contributed by atoms with E-state index in [1.165, 1.54) is 11.3 Å². The summed E-state index contributed by atoms with van der Waals surface area (Å²) in [6.45, 7) is 2.87. The summed E-state index contributed by atoms with van der Waals surface area (Å²) >= 11 is 1.49. The van der Waals surface area contributed by atoms with Crippen LogP contribution in [0.15, 0.2) is 11.4 Å². The molecule has 1 aliphatic carbocycles. The standard InChI is InChI=1S/C14H17NO2S/c1-2-15(12-6-7-12)14(17)11-9-13(18-10-11)5-3-4-8-16/h9-10,12,16H,2,4,6-8H2,1H3. The van der Waals surface area contributed by atoms with E-state index in [1.807, 2.05) is 23.3 Å². The van der Waals surface area contributed by atoms with E-state index in [0.29, 0.717) is 12.5 Å². The molecule has 1 fully saturated rings. The first kappa shape index (κ1) is 13.1. The van der Waals surface area contributed by atoms with Crippen LogP contribution in [0.25, 0.3) is 0 Å². The number of aliphatic hydroxyl groups excluding tert-OH is 1. The predicted octanol–water partition coefficient (Wildman–Crippen LogP) is 2.11. The van der Waals surface area contributed by atoms with Crippen molar-refractivity contribution in [3.63, 3.8) is 0 Å². The zero-order chi connectivity index (χ0) is 13.0. The van der Waals surface area contributed by atoms with Crippen LogP contribution in [-0.4, -0.2) is 35.1 Å². The molecule has 2 rings (SSSR count). The van der Waals surface area contributed by atoms with Gasteiger partial charge in [-0.25, -0.2) is 0 Å². The maximum absolute atomic E-state index is 12.2. The van der Waals surface area contributed by atoms with Crippen LogP contribution in [0.4, 0.5) is 0 Å². The van der Waals surface area contributed by atoms with Crippen LogP contribution in [0.3, 0.4) is 0 Å². The number of carbonyl (C=O) groups excluding carboxylic acids is 1. The Morgan fingerprint density at radius 3 is 3.00 bits per heavy atom. The van der Waals surface area contributed by atoms with E-state index >= 15 is 0 Å². The highest BCUT2D eigenvalue weighted by atomic mass is 32.1. The van der Waals surface area contributed by atoms with E-state index in [-0.39, 0.29) is 12.5 Å². The van der Waals surface area contributed by atoms with Crippen molar-refractivity contribution in [3.05, 3.63) is 21.9 Å². The molecule has 3 nitrogen and oxygen atoms in total. The van der Waals surface area contributed by atoms with Gasteiger partial charge in [0.2, 0.25) is 0 Å². The summed E-state index contributed by atoms with van der Waals surface area (Å²) in [6.07, 6.45) is 2.74. The lowest BCUT2D eigenvalue weighted by molar-refractivity contribution is 0.0753. The fraction of sp³-hybridized carbons (Fsp3) is 0.500.